The molecule has 1 fully saturated rings. The minimum absolute atomic E-state index is 0.0307. The number of carboxylic acid groups (broad SMARTS) is 1. The van der Waals surface area contributed by atoms with Crippen molar-refractivity contribution in [1.29, 1.82) is 0 Å². The van der Waals surface area contributed by atoms with Gasteiger partial charge in [-0.2, -0.15) is 0 Å². The van der Waals surface area contributed by atoms with Gasteiger partial charge in [-0.05, 0) is 31.0 Å². The molecular weight excluding hydrogens is 378 g/mol. The van der Waals surface area contributed by atoms with Crippen molar-refractivity contribution in [3.63, 3.8) is 0 Å². The number of rotatable bonds is 5. The van der Waals surface area contributed by atoms with E-state index in [0.717, 1.165) is 22.9 Å². The van der Waals surface area contributed by atoms with Gasteiger partial charge >= 0.3 is 5.97 Å². The summed E-state index contributed by atoms with van der Waals surface area (Å²) in [6.45, 7) is 0. The predicted octanol–water partition coefficient (Wildman–Crippen LogP) is 3.87. The normalized spacial score (nSPS) is 14.4. The Hall–Kier alpha value is -1.05. The number of benzene rings is 1. The van der Waals surface area contributed by atoms with Gasteiger partial charge in [-0.15, -0.1) is 10.2 Å². The van der Waals surface area contributed by atoms with E-state index >= 15 is 0 Å². The molecule has 0 atom stereocenters. The largest absolute Gasteiger partial charge is 0.481 e. The molecule has 21 heavy (non-hydrogen) atoms. The zero-order chi connectivity index (χ0) is 15.0. The Morgan fingerprint density at radius 1 is 1.48 bits per heavy atom. The molecule has 1 aromatic heterocycles. The van der Waals surface area contributed by atoms with Gasteiger partial charge in [-0.25, -0.2) is 0 Å². The van der Waals surface area contributed by atoms with E-state index in [1.165, 1.54) is 11.8 Å². The van der Waals surface area contributed by atoms with Crippen molar-refractivity contribution in [3.8, 4) is 11.4 Å². The van der Waals surface area contributed by atoms with Crippen LogP contribution in [0.2, 0.25) is 5.02 Å². The molecule has 1 aliphatic carbocycles. The maximum atomic E-state index is 10.7. The van der Waals surface area contributed by atoms with Gasteiger partial charge in [-0.3, -0.25) is 9.36 Å². The lowest BCUT2D eigenvalue weighted by atomic mass is 10.2. The molecule has 0 spiro atoms. The van der Waals surface area contributed by atoms with Crippen LogP contribution in [0, 0.1) is 0 Å². The molecule has 3 rings (SSSR count). The summed E-state index contributed by atoms with van der Waals surface area (Å²) >= 11 is 10.9. The summed E-state index contributed by atoms with van der Waals surface area (Å²) in [5.41, 5.74) is 0.799. The highest BCUT2D eigenvalue weighted by molar-refractivity contribution is 9.10. The van der Waals surface area contributed by atoms with Crippen molar-refractivity contribution >= 4 is 45.3 Å². The van der Waals surface area contributed by atoms with Crippen LogP contribution in [0.1, 0.15) is 18.9 Å². The van der Waals surface area contributed by atoms with Crippen LogP contribution in [0.5, 0.6) is 0 Å². The second kappa shape index (κ2) is 5.98. The molecule has 0 radical (unpaired) electrons. The number of aromatic nitrogens is 3. The van der Waals surface area contributed by atoms with Gasteiger partial charge < -0.3 is 5.11 Å². The lowest BCUT2D eigenvalue weighted by molar-refractivity contribution is -0.133. The summed E-state index contributed by atoms with van der Waals surface area (Å²) in [7, 11) is 0. The first-order valence-corrected chi connectivity index (χ1v) is 8.47. The van der Waals surface area contributed by atoms with Gasteiger partial charge in [0.25, 0.3) is 0 Å². The van der Waals surface area contributed by atoms with Crippen molar-refractivity contribution in [2.24, 2.45) is 0 Å². The van der Waals surface area contributed by atoms with Crippen LogP contribution < -0.4 is 0 Å². The third kappa shape index (κ3) is 3.25. The van der Waals surface area contributed by atoms with E-state index in [4.69, 9.17) is 16.7 Å². The maximum absolute atomic E-state index is 10.7. The third-order valence-electron chi connectivity index (χ3n) is 3.07. The number of carbonyl (C=O) groups is 1. The zero-order valence-corrected chi connectivity index (χ0v) is 14.0. The second-order valence-corrected chi connectivity index (χ2v) is 6.98. The molecule has 0 bridgehead atoms. The van der Waals surface area contributed by atoms with Gasteiger partial charge in [0.1, 0.15) is 0 Å². The standard InChI is InChI=1S/C13H11BrClN3O2S/c14-7-1-4-10(15)9(5-7)12-16-17-13(21-6-11(19)20)18(12)8-2-3-8/h1,4-5,8H,2-3,6H2,(H,19,20). The van der Waals surface area contributed by atoms with Gasteiger partial charge in [0.15, 0.2) is 11.0 Å². The van der Waals surface area contributed by atoms with Crippen LogP contribution in [-0.2, 0) is 4.79 Å². The van der Waals surface area contributed by atoms with Gasteiger partial charge in [-0.1, -0.05) is 39.3 Å². The van der Waals surface area contributed by atoms with E-state index in [0.29, 0.717) is 22.0 Å². The minimum Gasteiger partial charge on any atom is -0.481 e. The molecule has 0 saturated heterocycles. The van der Waals surface area contributed by atoms with Crippen LogP contribution >= 0.6 is 39.3 Å². The van der Waals surface area contributed by atoms with Crippen LogP contribution in [0.25, 0.3) is 11.4 Å². The fourth-order valence-corrected chi connectivity index (χ4v) is 3.31. The summed E-state index contributed by atoms with van der Waals surface area (Å²) < 4.78 is 2.91. The topological polar surface area (TPSA) is 68.0 Å². The average Bonchev–Trinajstić information content (AvgIpc) is 3.19. The number of hydrogen-bond acceptors (Lipinski definition) is 4. The monoisotopic (exact) mass is 387 g/mol. The molecule has 110 valence electrons. The fraction of sp³-hybridized carbons (Fsp3) is 0.308. The SMILES string of the molecule is O=C(O)CSc1nnc(-c2cc(Br)ccc2Cl)n1C1CC1. The van der Waals surface area contributed by atoms with E-state index < -0.39 is 5.97 Å². The zero-order valence-electron chi connectivity index (χ0n) is 10.8. The second-order valence-electron chi connectivity index (χ2n) is 4.71. The quantitative estimate of drug-likeness (QED) is 0.787. The summed E-state index contributed by atoms with van der Waals surface area (Å²) in [5.74, 6) is -0.207. The molecule has 0 aliphatic heterocycles. The van der Waals surface area contributed by atoms with Crippen LogP contribution in [-0.4, -0.2) is 31.6 Å². The summed E-state index contributed by atoms with van der Waals surface area (Å²) in [5, 5.41) is 18.4. The Labute approximate surface area is 138 Å². The van der Waals surface area contributed by atoms with Crippen molar-refractivity contribution in [1.82, 2.24) is 14.8 Å². The molecular formula is C13H11BrClN3O2S. The van der Waals surface area contributed by atoms with E-state index in [9.17, 15) is 4.79 Å². The van der Waals surface area contributed by atoms with Crippen molar-refractivity contribution in [2.45, 2.75) is 24.0 Å². The predicted molar refractivity (Wildman–Crippen MR) is 84.8 cm³/mol. The average molecular weight is 389 g/mol. The van der Waals surface area contributed by atoms with E-state index in [2.05, 4.69) is 26.1 Å². The van der Waals surface area contributed by atoms with Crippen LogP contribution in [0.3, 0.4) is 0 Å². The van der Waals surface area contributed by atoms with Gasteiger partial charge in [0.05, 0.1) is 10.8 Å². The summed E-state index contributed by atoms with van der Waals surface area (Å²) in [4.78, 5) is 10.7. The van der Waals surface area contributed by atoms with Crippen LogP contribution in [0.4, 0.5) is 0 Å². The number of nitrogens with zero attached hydrogens (tertiary/aromatic N) is 3. The first kappa shape index (κ1) is 14.9. The number of halogens is 2. The molecule has 1 N–H and O–H groups in total. The highest BCUT2D eigenvalue weighted by Crippen LogP contribution is 2.42. The van der Waals surface area contributed by atoms with Crippen molar-refractivity contribution in [2.75, 3.05) is 5.75 Å². The molecule has 8 heteroatoms. The van der Waals surface area contributed by atoms with Gasteiger partial charge in [0, 0.05) is 16.1 Å². The van der Waals surface area contributed by atoms with E-state index in [-0.39, 0.29) is 5.75 Å². The Morgan fingerprint density at radius 3 is 2.90 bits per heavy atom. The molecule has 5 nitrogen and oxygen atoms in total. The molecule has 1 aromatic carbocycles. The highest BCUT2D eigenvalue weighted by atomic mass is 79.9. The number of aliphatic carboxylic acids is 1. The number of thioether (sulfide) groups is 1. The number of hydrogen-bond donors (Lipinski definition) is 1. The van der Waals surface area contributed by atoms with Crippen molar-refractivity contribution in [3.05, 3.63) is 27.7 Å². The molecule has 1 aliphatic rings. The Kier molecular flexibility index (Phi) is 4.24. The molecule has 0 amide bonds. The Balaban J connectivity index is 2.02. The van der Waals surface area contributed by atoms with Gasteiger partial charge in [0.2, 0.25) is 0 Å². The molecule has 1 heterocycles. The fourth-order valence-electron chi connectivity index (χ4n) is 2.02. The smallest absolute Gasteiger partial charge is 0.313 e. The summed E-state index contributed by atoms with van der Waals surface area (Å²) in [6, 6.07) is 5.90. The lowest BCUT2D eigenvalue weighted by Gasteiger charge is -2.09. The van der Waals surface area contributed by atoms with E-state index in [1.807, 2.05) is 16.7 Å². The maximum Gasteiger partial charge on any atom is 0.313 e. The summed E-state index contributed by atoms with van der Waals surface area (Å²) in [6.07, 6.45) is 2.11. The highest BCUT2D eigenvalue weighted by Gasteiger charge is 2.31. The first-order chi connectivity index (χ1) is 10.1. The molecule has 0 unspecified atom stereocenters. The minimum atomic E-state index is -0.868. The van der Waals surface area contributed by atoms with Crippen LogP contribution in [0.15, 0.2) is 27.8 Å². The molecule has 1 saturated carbocycles. The third-order valence-corrected chi connectivity index (χ3v) is 4.82. The lowest BCUT2D eigenvalue weighted by Crippen LogP contribution is -2.03. The Bertz CT molecular complexity index is 703. The Morgan fingerprint density at radius 2 is 2.24 bits per heavy atom. The van der Waals surface area contributed by atoms with E-state index in [1.54, 1.807) is 6.07 Å². The number of carboxylic acids is 1. The molecule has 2 aromatic rings. The van der Waals surface area contributed by atoms with Crippen molar-refractivity contribution < 1.29 is 9.90 Å². The first-order valence-electron chi connectivity index (χ1n) is 6.31.